The summed E-state index contributed by atoms with van der Waals surface area (Å²) in [5.74, 6) is -0.767. The number of amides is 3. The van der Waals surface area contributed by atoms with E-state index in [0.717, 1.165) is 4.90 Å². The second kappa shape index (κ2) is 8.08. The summed E-state index contributed by atoms with van der Waals surface area (Å²) in [5, 5.41) is 2.89. The average molecular weight is 410 g/mol. The highest BCUT2D eigenvalue weighted by atomic mass is 32.2. The molecule has 0 unspecified atom stereocenters. The van der Waals surface area contributed by atoms with E-state index in [1.54, 1.807) is 60.3 Å². The molecule has 0 radical (unpaired) electrons. The Morgan fingerprint density at radius 3 is 2.24 bits per heavy atom. The van der Waals surface area contributed by atoms with Gasteiger partial charge in [-0.15, -0.1) is 0 Å². The Kier molecular flexibility index (Phi) is 5.35. The van der Waals surface area contributed by atoms with Crippen molar-refractivity contribution < 1.29 is 23.9 Å². The van der Waals surface area contributed by atoms with Crippen LogP contribution in [0, 0.1) is 0 Å². The molecule has 2 heterocycles. The number of rotatable bonds is 5. The van der Waals surface area contributed by atoms with Gasteiger partial charge in [-0.2, -0.15) is 11.8 Å². The summed E-state index contributed by atoms with van der Waals surface area (Å²) in [6.45, 7) is -0.452. The van der Waals surface area contributed by atoms with Gasteiger partial charge in [0.2, 0.25) is 0 Å². The van der Waals surface area contributed by atoms with Crippen molar-refractivity contribution in [1.82, 2.24) is 10.2 Å². The maximum Gasteiger partial charge on any atom is 0.326 e. The first-order chi connectivity index (χ1) is 14.0. The number of imide groups is 1. The molecule has 2 aromatic rings. The molecule has 1 fully saturated rings. The van der Waals surface area contributed by atoms with Crippen molar-refractivity contribution in [1.29, 1.82) is 0 Å². The van der Waals surface area contributed by atoms with Crippen LogP contribution in [-0.2, 0) is 9.53 Å². The van der Waals surface area contributed by atoms with Crippen LogP contribution >= 0.6 is 11.8 Å². The highest BCUT2D eigenvalue weighted by molar-refractivity contribution is 7.99. The fourth-order valence-corrected chi connectivity index (χ4v) is 4.57. The number of fused-ring (bicyclic) bond motifs is 1. The summed E-state index contributed by atoms with van der Waals surface area (Å²) in [6, 6.07) is 14.9. The van der Waals surface area contributed by atoms with Crippen molar-refractivity contribution in [3.05, 3.63) is 71.3 Å². The number of esters is 1. The zero-order valence-corrected chi connectivity index (χ0v) is 16.2. The van der Waals surface area contributed by atoms with Gasteiger partial charge < -0.3 is 10.1 Å². The quantitative estimate of drug-likeness (QED) is 0.596. The molecule has 1 saturated heterocycles. The highest BCUT2D eigenvalue weighted by Gasteiger charge is 2.38. The van der Waals surface area contributed by atoms with Crippen LogP contribution in [0.3, 0.4) is 0 Å². The maximum atomic E-state index is 12.4. The predicted molar refractivity (Wildman–Crippen MR) is 107 cm³/mol. The number of benzene rings is 2. The van der Waals surface area contributed by atoms with Gasteiger partial charge in [-0.25, -0.2) is 0 Å². The molecule has 7 nitrogen and oxygen atoms in total. The molecule has 0 aliphatic carbocycles. The normalized spacial score (nSPS) is 20.5. The smallest absolute Gasteiger partial charge is 0.326 e. The van der Waals surface area contributed by atoms with Crippen molar-refractivity contribution in [2.45, 2.75) is 12.1 Å². The monoisotopic (exact) mass is 410 g/mol. The fraction of sp³-hybridized carbons (Fsp3) is 0.238. The van der Waals surface area contributed by atoms with Crippen molar-refractivity contribution in [2.75, 3.05) is 18.1 Å². The van der Waals surface area contributed by atoms with Crippen LogP contribution in [0.2, 0.25) is 0 Å². The van der Waals surface area contributed by atoms with Crippen molar-refractivity contribution in [3.63, 3.8) is 0 Å². The van der Waals surface area contributed by atoms with E-state index in [1.807, 2.05) is 6.07 Å². The standard InChI is InChI=1S/C21H18N2O5S/c24-18(10-23-20(26)14-8-4-5-9-15(14)21(23)27)28-17-12-29-11-16(17)22-19(25)13-6-2-1-3-7-13/h1-9,16-17H,10-12H2,(H,22,25)/t16-,17+/m0/s1. The molecule has 0 spiro atoms. The first-order valence-electron chi connectivity index (χ1n) is 9.13. The molecule has 2 aliphatic heterocycles. The fourth-order valence-electron chi connectivity index (χ4n) is 3.34. The first kappa shape index (κ1) is 19.2. The van der Waals surface area contributed by atoms with Gasteiger partial charge in [-0.1, -0.05) is 30.3 Å². The molecule has 3 amide bonds. The Morgan fingerprint density at radius 2 is 1.59 bits per heavy atom. The first-order valence-corrected chi connectivity index (χ1v) is 10.3. The Labute approximate surface area is 171 Å². The van der Waals surface area contributed by atoms with Crippen LogP contribution in [0.1, 0.15) is 31.1 Å². The number of ether oxygens (including phenoxy) is 1. The van der Waals surface area contributed by atoms with Crippen molar-refractivity contribution in [2.24, 2.45) is 0 Å². The minimum absolute atomic E-state index is 0.237. The molecule has 4 rings (SSSR count). The molecule has 29 heavy (non-hydrogen) atoms. The van der Waals surface area contributed by atoms with Crippen LogP contribution in [-0.4, -0.2) is 58.8 Å². The number of thioether (sulfide) groups is 1. The van der Waals surface area contributed by atoms with Gasteiger partial charge in [-0.05, 0) is 24.3 Å². The summed E-state index contributed by atoms with van der Waals surface area (Å²) in [6.07, 6.45) is -0.518. The largest absolute Gasteiger partial charge is 0.458 e. The van der Waals surface area contributed by atoms with Gasteiger partial charge in [0, 0.05) is 17.1 Å². The number of nitrogens with zero attached hydrogens (tertiary/aromatic N) is 1. The Bertz CT molecular complexity index is 943. The van der Waals surface area contributed by atoms with E-state index in [-0.39, 0.29) is 23.1 Å². The van der Waals surface area contributed by atoms with Gasteiger partial charge in [0.15, 0.2) is 0 Å². The second-order valence-electron chi connectivity index (χ2n) is 6.75. The lowest BCUT2D eigenvalue weighted by molar-refractivity contribution is -0.149. The third-order valence-corrected chi connectivity index (χ3v) is 5.99. The zero-order chi connectivity index (χ0) is 20.4. The van der Waals surface area contributed by atoms with Crippen LogP contribution in [0.4, 0.5) is 0 Å². The number of carbonyl (C=O) groups excluding carboxylic acids is 4. The van der Waals surface area contributed by atoms with E-state index in [4.69, 9.17) is 4.74 Å². The minimum atomic E-state index is -0.675. The lowest BCUT2D eigenvalue weighted by Gasteiger charge is -2.22. The third-order valence-electron chi connectivity index (χ3n) is 4.83. The van der Waals surface area contributed by atoms with E-state index in [0.29, 0.717) is 17.1 Å². The van der Waals surface area contributed by atoms with E-state index >= 15 is 0 Å². The van der Waals surface area contributed by atoms with Crippen molar-refractivity contribution in [3.8, 4) is 0 Å². The lowest BCUT2D eigenvalue weighted by atomic mass is 10.1. The molecule has 0 saturated carbocycles. The van der Waals surface area contributed by atoms with Gasteiger partial charge in [-0.3, -0.25) is 24.1 Å². The summed E-state index contributed by atoms with van der Waals surface area (Å²) >= 11 is 1.56. The van der Waals surface area contributed by atoms with Crippen LogP contribution in [0.25, 0.3) is 0 Å². The second-order valence-corrected chi connectivity index (χ2v) is 7.83. The summed E-state index contributed by atoms with van der Waals surface area (Å²) < 4.78 is 5.50. The van der Waals surface area contributed by atoms with E-state index in [2.05, 4.69) is 5.32 Å². The summed E-state index contributed by atoms with van der Waals surface area (Å²) in [4.78, 5) is 50.4. The molecule has 148 valence electrons. The van der Waals surface area contributed by atoms with E-state index < -0.39 is 30.4 Å². The number of carbonyl (C=O) groups is 4. The third kappa shape index (κ3) is 3.88. The molecule has 1 N–H and O–H groups in total. The van der Waals surface area contributed by atoms with Gasteiger partial charge in [0.1, 0.15) is 12.6 Å². The lowest BCUT2D eigenvalue weighted by Crippen LogP contribution is -2.46. The Hall–Kier alpha value is -3.13. The molecular weight excluding hydrogens is 392 g/mol. The highest BCUT2D eigenvalue weighted by Crippen LogP contribution is 2.24. The molecule has 0 bridgehead atoms. The molecular formula is C21H18N2O5S. The van der Waals surface area contributed by atoms with Gasteiger partial charge in [0.05, 0.1) is 17.2 Å². The maximum absolute atomic E-state index is 12.4. The molecule has 2 aromatic carbocycles. The zero-order valence-electron chi connectivity index (χ0n) is 15.4. The minimum Gasteiger partial charge on any atom is -0.458 e. The van der Waals surface area contributed by atoms with Crippen LogP contribution in [0.5, 0.6) is 0 Å². The molecule has 0 aromatic heterocycles. The molecule has 2 aliphatic rings. The average Bonchev–Trinajstić information content (AvgIpc) is 3.26. The van der Waals surface area contributed by atoms with E-state index in [1.165, 1.54) is 0 Å². The predicted octanol–water partition coefficient (Wildman–Crippen LogP) is 1.74. The Balaban J connectivity index is 1.36. The van der Waals surface area contributed by atoms with Crippen molar-refractivity contribution >= 4 is 35.5 Å². The molecule has 8 heteroatoms. The number of hydrogen-bond donors (Lipinski definition) is 1. The summed E-state index contributed by atoms with van der Waals surface area (Å²) in [7, 11) is 0. The number of hydrogen-bond acceptors (Lipinski definition) is 6. The van der Waals surface area contributed by atoms with Crippen LogP contribution < -0.4 is 5.32 Å². The van der Waals surface area contributed by atoms with Crippen LogP contribution in [0.15, 0.2) is 54.6 Å². The van der Waals surface area contributed by atoms with Gasteiger partial charge >= 0.3 is 5.97 Å². The SMILES string of the molecule is O=C(CN1C(=O)c2ccccc2C1=O)O[C@@H]1CSC[C@@H]1NC(=O)c1ccccc1. The van der Waals surface area contributed by atoms with E-state index in [9.17, 15) is 19.2 Å². The number of nitrogens with one attached hydrogen (secondary N) is 1. The summed E-state index contributed by atoms with van der Waals surface area (Å²) in [5.41, 5.74) is 1.10. The molecule has 2 atom stereocenters. The topological polar surface area (TPSA) is 92.8 Å². The van der Waals surface area contributed by atoms with Gasteiger partial charge in [0.25, 0.3) is 17.7 Å². The Morgan fingerprint density at radius 1 is 0.966 bits per heavy atom.